The van der Waals surface area contributed by atoms with E-state index in [2.05, 4.69) is 9.98 Å². The molecular weight excluding hydrogens is 726 g/mol. The second kappa shape index (κ2) is 15.8. The molecule has 0 bridgehead atoms. The number of phenolic OH excluding ortho intramolecular Hbond substituents is 2. The van der Waals surface area contributed by atoms with E-state index in [1.807, 2.05) is 30.3 Å². The minimum Gasteiger partial charge on any atom is -0.508 e. The molecule has 7 atom stereocenters. The summed E-state index contributed by atoms with van der Waals surface area (Å²) in [7, 11) is 0. The van der Waals surface area contributed by atoms with Crippen molar-refractivity contribution >= 4 is 35.6 Å². The number of fused-ring (bicyclic) bond motifs is 3. The summed E-state index contributed by atoms with van der Waals surface area (Å²) in [6.07, 6.45) is -1.56. The van der Waals surface area contributed by atoms with E-state index >= 15 is 0 Å². The van der Waals surface area contributed by atoms with Gasteiger partial charge in [-0.1, -0.05) is 36.4 Å². The summed E-state index contributed by atoms with van der Waals surface area (Å²) >= 11 is 0. The highest BCUT2D eigenvalue weighted by Crippen LogP contribution is 2.59. The fourth-order valence-corrected chi connectivity index (χ4v) is 8.58. The van der Waals surface area contributed by atoms with Gasteiger partial charge in [-0.25, -0.2) is 4.79 Å². The molecule has 0 aromatic heterocycles. The number of phenols is 2. The Labute approximate surface area is 322 Å². The van der Waals surface area contributed by atoms with Crippen molar-refractivity contribution < 1.29 is 59.9 Å². The number of aromatic hydroxyl groups is 2. The van der Waals surface area contributed by atoms with Crippen LogP contribution in [0.4, 0.5) is 5.69 Å². The molecule has 15 heteroatoms. The molecule has 1 spiro atoms. The smallest absolute Gasteiger partial charge is 0.330 e. The number of carbonyl (C=O) groups is 2. The van der Waals surface area contributed by atoms with E-state index < -0.39 is 65.9 Å². The zero-order valence-corrected chi connectivity index (χ0v) is 30.4. The van der Waals surface area contributed by atoms with Gasteiger partial charge < -0.3 is 50.3 Å². The maximum absolute atomic E-state index is 14.8. The van der Waals surface area contributed by atoms with E-state index in [0.717, 1.165) is 5.56 Å². The average Bonchev–Trinajstić information content (AvgIpc) is 3.82. The summed E-state index contributed by atoms with van der Waals surface area (Å²) in [6.45, 7) is -0.759. The number of benzene rings is 3. The van der Waals surface area contributed by atoms with Gasteiger partial charge in [-0.05, 0) is 73.1 Å². The second-order valence-electron chi connectivity index (χ2n) is 14.6. The molecule has 4 heterocycles. The molecule has 0 unspecified atom stereocenters. The van der Waals surface area contributed by atoms with Crippen molar-refractivity contribution in [1.29, 1.82) is 0 Å². The fraction of sp³-hybridized carbons (Fsp3) is 0.415. The molecule has 1 amide bonds. The van der Waals surface area contributed by atoms with Gasteiger partial charge in [0.1, 0.15) is 36.8 Å². The molecule has 3 aromatic rings. The zero-order chi connectivity index (χ0) is 39.8. The van der Waals surface area contributed by atoms with Crippen molar-refractivity contribution in [2.45, 2.75) is 86.6 Å². The lowest BCUT2D eigenvalue weighted by Crippen LogP contribution is -2.68. The number of aliphatic hydroxyl groups is 5. The molecule has 15 nitrogen and oxygen atoms in total. The molecule has 0 aliphatic carbocycles. The fourth-order valence-electron chi connectivity index (χ4n) is 8.58. The number of aryl methyl sites for hydroxylation is 1. The van der Waals surface area contributed by atoms with Crippen LogP contribution < -0.4 is 9.64 Å². The van der Waals surface area contributed by atoms with Crippen molar-refractivity contribution in [3.63, 3.8) is 0 Å². The monoisotopic (exact) mass is 771 g/mol. The molecule has 3 aromatic carbocycles. The minimum atomic E-state index is -2.02. The van der Waals surface area contributed by atoms with Crippen LogP contribution in [0, 0.1) is 0 Å². The largest absolute Gasteiger partial charge is 0.508 e. The van der Waals surface area contributed by atoms with Gasteiger partial charge >= 0.3 is 5.97 Å². The highest BCUT2D eigenvalue weighted by atomic mass is 16.7. The van der Waals surface area contributed by atoms with E-state index in [1.165, 1.54) is 29.2 Å². The Hall–Kier alpha value is -5.16. The van der Waals surface area contributed by atoms with Crippen LogP contribution in [0.15, 0.2) is 70.7 Å². The molecule has 0 saturated carbocycles. The topological polar surface area (TPSA) is 242 Å². The zero-order valence-electron chi connectivity index (χ0n) is 30.4. The molecular formula is C41H45N3O12. The SMILES string of the molecule is O=C(C=Cc1ccc(O)c(CC2=NCN=C2)c1)N1c2c(cc(O)c3c2CC[C@@]2(O3)O[C@H](CO)[C@@H](O)[C@H](O)[C@H]2O)[C@H](CCc2ccccc2)[C@]1(CCCO)C(=O)O. The Bertz CT molecular complexity index is 2070. The highest BCUT2D eigenvalue weighted by molar-refractivity contribution is 6.32. The predicted octanol–water partition coefficient (Wildman–Crippen LogP) is 1.99. The van der Waals surface area contributed by atoms with Gasteiger partial charge in [0, 0.05) is 48.8 Å². The van der Waals surface area contributed by atoms with Crippen molar-refractivity contribution in [2.24, 2.45) is 9.98 Å². The third kappa shape index (κ3) is 6.84. The van der Waals surface area contributed by atoms with Gasteiger partial charge in [-0.15, -0.1) is 0 Å². The Morgan fingerprint density at radius 2 is 1.79 bits per heavy atom. The molecule has 8 N–H and O–H groups in total. The molecule has 1 fully saturated rings. The van der Waals surface area contributed by atoms with E-state index in [1.54, 1.807) is 18.3 Å². The van der Waals surface area contributed by atoms with Gasteiger partial charge in [0.2, 0.25) is 5.79 Å². The van der Waals surface area contributed by atoms with Gasteiger partial charge in [0.15, 0.2) is 17.0 Å². The lowest BCUT2D eigenvalue weighted by atomic mass is 9.75. The number of hydrogen-bond acceptors (Lipinski definition) is 13. The van der Waals surface area contributed by atoms with Crippen LogP contribution in [0.5, 0.6) is 17.2 Å². The molecule has 0 radical (unpaired) electrons. The van der Waals surface area contributed by atoms with Crippen LogP contribution in [0.25, 0.3) is 6.08 Å². The van der Waals surface area contributed by atoms with E-state index in [9.17, 15) is 50.4 Å². The molecule has 7 rings (SSSR count). The average molecular weight is 772 g/mol. The van der Waals surface area contributed by atoms with Gasteiger partial charge in [0.05, 0.1) is 18.0 Å². The Balaban J connectivity index is 1.35. The third-order valence-corrected chi connectivity index (χ3v) is 11.3. The normalized spacial score (nSPS) is 28.0. The Morgan fingerprint density at radius 3 is 2.48 bits per heavy atom. The Morgan fingerprint density at radius 1 is 1.00 bits per heavy atom. The molecule has 4 aliphatic rings. The summed E-state index contributed by atoms with van der Waals surface area (Å²) in [5.41, 5.74) is 1.57. The van der Waals surface area contributed by atoms with Crippen molar-refractivity contribution in [3.8, 4) is 17.2 Å². The second-order valence-corrected chi connectivity index (χ2v) is 14.6. The number of aliphatic carboxylic acids is 1. The first-order chi connectivity index (χ1) is 26.9. The Kier molecular flexibility index (Phi) is 11.0. The van der Waals surface area contributed by atoms with Gasteiger partial charge in [-0.2, -0.15) is 0 Å². The van der Waals surface area contributed by atoms with E-state index in [0.29, 0.717) is 41.9 Å². The number of ether oxygens (including phenoxy) is 2. The molecule has 1 saturated heterocycles. The van der Waals surface area contributed by atoms with E-state index in [-0.39, 0.29) is 61.5 Å². The number of carbonyl (C=O) groups excluding carboxylic acids is 1. The van der Waals surface area contributed by atoms with Gasteiger partial charge in [-0.3, -0.25) is 19.7 Å². The number of rotatable bonds is 12. The summed E-state index contributed by atoms with van der Waals surface area (Å²) < 4.78 is 12.1. The van der Waals surface area contributed by atoms with Crippen molar-refractivity contribution in [3.05, 3.63) is 88.5 Å². The molecule has 56 heavy (non-hydrogen) atoms. The van der Waals surface area contributed by atoms with Crippen LogP contribution in [0.1, 0.15) is 59.4 Å². The standard InChI is InChI=1S/C41H45N3O12/c45-16-4-14-40(39(53)54)29(10-7-23-5-2-1-3-6-23)28-19-31(48)37-27(13-15-41(56-37)38(52)36(51)35(50)32(21-46)55-41)34(28)44(40)33(49)12-9-24-8-11-30(47)25(17-24)18-26-20-42-22-43-26/h1-3,5-6,8-9,11-12,17,19-20,29,32,35-36,38,45-48,50-52H,4,7,10,13-16,18,21-22H2,(H,53,54)/t29-,32+,35+,36-,38+,40+,41-/m0/s1. The number of nitrogens with zero attached hydrogens (tertiary/aromatic N) is 3. The van der Waals surface area contributed by atoms with Crippen molar-refractivity contribution in [1.82, 2.24) is 0 Å². The first kappa shape index (κ1) is 39.1. The van der Waals surface area contributed by atoms with Crippen LogP contribution in [0.2, 0.25) is 0 Å². The van der Waals surface area contributed by atoms with Gasteiger partial charge in [0.25, 0.3) is 5.91 Å². The van der Waals surface area contributed by atoms with Crippen LogP contribution in [0.3, 0.4) is 0 Å². The van der Waals surface area contributed by atoms with Crippen LogP contribution in [-0.2, 0) is 33.6 Å². The maximum atomic E-state index is 14.8. The minimum absolute atomic E-state index is 0.0285. The summed E-state index contributed by atoms with van der Waals surface area (Å²) in [5, 5.41) is 85.6. The van der Waals surface area contributed by atoms with Crippen LogP contribution in [-0.4, -0.2) is 120 Å². The third-order valence-electron chi connectivity index (χ3n) is 11.3. The number of carboxylic acid groups (broad SMARTS) is 1. The number of aliphatic hydroxyl groups excluding tert-OH is 5. The van der Waals surface area contributed by atoms with Crippen molar-refractivity contribution in [2.75, 3.05) is 24.8 Å². The molecule has 4 aliphatic heterocycles. The number of hydrogen-bond donors (Lipinski definition) is 8. The summed E-state index contributed by atoms with van der Waals surface area (Å²) in [6, 6.07) is 15.6. The summed E-state index contributed by atoms with van der Waals surface area (Å²) in [4.78, 5) is 38.2. The number of carboxylic acids is 1. The van der Waals surface area contributed by atoms with Crippen LogP contribution >= 0.6 is 0 Å². The lowest BCUT2D eigenvalue weighted by molar-refractivity contribution is -0.342. The first-order valence-electron chi connectivity index (χ1n) is 18.6. The quantitative estimate of drug-likeness (QED) is 0.123. The highest BCUT2D eigenvalue weighted by Gasteiger charge is 2.62. The molecule has 296 valence electrons. The first-order valence-corrected chi connectivity index (χ1v) is 18.6. The predicted molar refractivity (Wildman–Crippen MR) is 203 cm³/mol. The van der Waals surface area contributed by atoms with E-state index in [4.69, 9.17) is 9.47 Å². The number of amides is 1. The maximum Gasteiger partial charge on any atom is 0.330 e. The number of aliphatic imine (C=N–C) groups is 2. The number of anilines is 1. The summed E-state index contributed by atoms with van der Waals surface area (Å²) in [5.74, 6) is -5.55. The lowest BCUT2D eigenvalue weighted by Gasteiger charge is -2.50.